The Morgan fingerprint density at radius 1 is 1.30 bits per heavy atom. The second-order valence-electron chi connectivity index (χ2n) is 7.72. The van der Waals surface area contributed by atoms with Crippen molar-refractivity contribution >= 4 is 27.3 Å². The summed E-state index contributed by atoms with van der Waals surface area (Å²) in [5.74, 6) is 0.527. The van der Waals surface area contributed by atoms with E-state index in [1.165, 1.54) is 13.8 Å². The van der Waals surface area contributed by atoms with Crippen molar-refractivity contribution < 1.29 is 21.9 Å². The summed E-state index contributed by atoms with van der Waals surface area (Å²) in [5, 5.41) is 3.68. The fourth-order valence-electron chi connectivity index (χ4n) is 4.05. The number of morpholine rings is 1. The van der Waals surface area contributed by atoms with E-state index in [1.54, 1.807) is 6.07 Å². The molecule has 1 saturated carbocycles. The van der Waals surface area contributed by atoms with Gasteiger partial charge in [0, 0.05) is 12.6 Å². The molecule has 164 valence electrons. The number of aryl methyl sites for hydroxylation is 1. The minimum absolute atomic E-state index is 0.0399. The van der Waals surface area contributed by atoms with Gasteiger partial charge in [0.25, 0.3) is 0 Å². The maximum Gasteiger partial charge on any atom is 0.333 e. The van der Waals surface area contributed by atoms with Gasteiger partial charge in [-0.1, -0.05) is 0 Å². The van der Waals surface area contributed by atoms with Gasteiger partial charge in [0.15, 0.2) is 9.84 Å². The van der Waals surface area contributed by atoms with Crippen LogP contribution in [0.15, 0.2) is 11.0 Å². The molecule has 0 amide bonds. The molecule has 1 aliphatic carbocycles. The van der Waals surface area contributed by atoms with Crippen LogP contribution in [-0.2, 0) is 19.3 Å². The highest BCUT2D eigenvalue weighted by Gasteiger charge is 2.59. The van der Waals surface area contributed by atoms with Gasteiger partial charge in [0.1, 0.15) is 15.5 Å². The fourth-order valence-corrected chi connectivity index (χ4v) is 6.55. The first kappa shape index (κ1) is 21.4. The minimum Gasteiger partial charge on any atom is -0.377 e. The smallest absolute Gasteiger partial charge is 0.333 e. The third kappa shape index (κ3) is 3.27. The number of aromatic nitrogens is 4. The summed E-state index contributed by atoms with van der Waals surface area (Å²) in [6.07, 6.45) is 0.638. The third-order valence-corrected chi connectivity index (χ3v) is 8.69. The van der Waals surface area contributed by atoms with Crippen LogP contribution in [0.5, 0.6) is 0 Å². The van der Waals surface area contributed by atoms with Gasteiger partial charge in [-0.2, -0.15) is 13.9 Å². The molecule has 0 N–H and O–H groups in total. The van der Waals surface area contributed by atoms with E-state index in [4.69, 9.17) is 16.3 Å². The van der Waals surface area contributed by atoms with Crippen LogP contribution in [0.2, 0.25) is 5.28 Å². The Balaban J connectivity index is 1.80. The Morgan fingerprint density at radius 3 is 2.57 bits per heavy atom. The molecule has 2 fully saturated rings. The van der Waals surface area contributed by atoms with E-state index in [9.17, 15) is 17.2 Å². The van der Waals surface area contributed by atoms with Crippen LogP contribution in [0.1, 0.15) is 43.4 Å². The zero-order valence-corrected chi connectivity index (χ0v) is 18.3. The van der Waals surface area contributed by atoms with E-state index >= 15 is 0 Å². The van der Waals surface area contributed by atoms with Gasteiger partial charge in [-0.25, -0.2) is 23.1 Å². The molecule has 2 aromatic heterocycles. The number of rotatable bonds is 5. The number of nitrogens with zero attached hydrogens (tertiary/aromatic N) is 5. The lowest BCUT2D eigenvalue weighted by Gasteiger charge is -2.34. The summed E-state index contributed by atoms with van der Waals surface area (Å²) in [6.45, 7) is 3.44. The monoisotopic (exact) mass is 461 g/mol. The summed E-state index contributed by atoms with van der Waals surface area (Å²) in [5.41, 5.74) is 0.233. The lowest BCUT2D eigenvalue weighted by Crippen LogP contribution is -2.44. The Hall–Kier alpha value is -1.85. The molecule has 2 aliphatic rings. The van der Waals surface area contributed by atoms with Gasteiger partial charge in [-0.15, -0.1) is 0 Å². The van der Waals surface area contributed by atoms with Gasteiger partial charge < -0.3 is 9.64 Å². The molecule has 1 aliphatic heterocycles. The molecule has 0 bridgehead atoms. The molecule has 4 rings (SSSR count). The second-order valence-corrected chi connectivity index (χ2v) is 10.3. The molecule has 0 radical (unpaired) electrons. The average Bonchev–Trinajstić information content (AvgIpc) is 3.42. The van der Waals surface area contributed by atoms with Gasteiger partial charge >= 0.3 is 6.55 Å². The summed E-state index contributed by atoms with van der Waals surface area (Å²) in [4.78, 5) is 10.3. The Bertz CT molecular complexity index is 1090. The Morgan fingerprint density at radius 2 is 2.00 bits per heavy atom. The van der Waals surface area contributed by atoms with E-state index in [2.05, 4.69) is 15.1 Å². The van der Waals surface area contributed by atoms with Crippen molar-refractivity contribution in [2.75, 3.05) is 24.7 Å². The SMILES string of the molecule is Cc1nn(C(F)F)c(C)c1S(=O)(=O)C1(c2cc(N3CCOC[C@@H]3C)nc(Cl)n2)CC1. The molecule has 2 aromatic rings. The van der Waals surface area contributed by atoms with Crippen LogP contribution in [0.3, 0.4) is 0 Å². The van der Waals surface area contributed by atoms with Crippen molar-refractivity contribution in [3.8, 4) is 0 Å². The van der Waals surface area contributed by atoms with Gasteiger partial charge in [-0.3, -0.25) is 0 Å². The zero-order chi connectivity index (χ0) is 21.8. The van der Waals surface area contributed by atoms with Gasteiger partial charge in [-0.05, 0) is 45.2 Å². The lowest BCUT2D eigenvalue weighted by atomic mass is 10.2. The first-order valence-corrected chi connectivity index (χ1v) is 11.4. The van der Waals surface area contributed by atoms with Crippen molar-refractivity contribution in [2.24, 2.45) is 0 Å². The first-order valence-electron chi connectivity index (χ1n) is 9.56. The van der Waals surface area contributed by atoms with Gasteiger partial charge in [0.05, 0.1) is 36.3 Å². The van der Waals surface area contributed by atoms with Crippen molar-refractivity contribution in [3.63, 3.8) is 0 Å². The molecular weight excluding hydrogens is 440 g/mol. The zero-order valence-electron chi connectivity index (χ0n) is 16.8. The van der Waals surface area contributed by atoms with Crippen molar-refractivity contribution in [1.82, 2.24) is 19.7 Å². The quantitative estimate of drug-likeness (QED) is 0.632. The first-order chi connectivity index (χ1) is 14.1. The van der Waals surface area contributed by atoms with Crippen LogP contribution < -0.4 is 4.90 Å². The summed E-state index contributed by atoms with van der Waals surface area (Å²) < 4.78 is 58.3. The maximum absolute atomic E-state index is 13.6. The van der Waals surface area contributed by atoms with Crippen LogP contribution in [0, 0.1) is 13.8 Å². The highest BCUT2D eigenvalue weighted by Crippen LogP contribution is 2.56. The number of hydrogen-bond donors (Lipinski definition) is 0. The largest absolute Gasteiger partial charge is 0.377 e. The molecule has 0 unspecified atom stereocenters. The van der Waals surface area contributed by atoms with Crippen LogP contribution in [-0.4, -0.2) is 54.0 Å². The molecule has 0 aromatic carbocycles. The molecule has 3 heterocycles. The number of anilines is 1. The summed E-state index contributed by atoms with van der Waals surface area (Å²) in [7, 11) is -4.04. The van der Waals surface area contributed by atoms with Crippen LogP contribution in [0.25, 0.3) is 0 Å². The molecule has 1 atom stereocenters. The van der Waals surface area contributed by atoms with E-state index in [0.29, 0.717) is 43.1 Å². The van der Waals surface area contributed by atoms with Crippen molar-refractivity contribution in [1.29, 1.82) is 0 Å². The minimum atomic E-state index is -4.04. The predicted octanol–water partition coefficient (Wildman–Crippen LogP) is 3.03. The van der Waals surface area contributed by atoms with Crippen LogP contribution >= 0.6 is 11.6 Å². The van der Waals surface area contributed by atoms with Gasteiger partial charge in [0.2, 0.25) is 5.28 Å². The number of halogens is 3. The van der Waals surface area contributed by atoms with E-state index in [0.717, 1.165) is 0 Å². The predicted molar refractivity (Wildman–Crippen MR) is 106 cm³/mol. The summed E-state index contributed by atoms with van der Waals surface area (Å²) in [6, 6.07) is 1.68. The van der Waals surface area contributed by atoms with E-state index < -0.39 is 21.1 Å². The molecule has 30 heavy (non-hydrogen) atoms. The molecular formula is C18H22ClF2N5O3S. The molecule has 12 heteroatoms. The highest BCUT2D eigenvalue weighted by molar-refractivity contribution is 7.92. The lowest BCUT2D eigenvalue weighted by molar-refractivity contribution is 0.0538. The fraction of sp³-hybridized carbons (Fsp3) is 0.611. The Kier molecular flexibility index (Phi) is 5.26. The average molecular weight is 462 g/mol. The molecule has 1 saturated heterocycles. The number of hydrogen-bond acceptors (Lipinski definition) is 7. The maximum atomic E-state index is 13.6. The number of ether oxygens (including phenoxy) is 1. The highest BCUT2D eigenvalue weighted by atomic mass is 35.5. The molecule has 0 spiro atoms. The normalized spacial score (nSPS) is 21.3. The van der Waals surface area contributed by atoms with Crippen molar-refractivity contribution in [2.45, 2.75) is 55.8 Å². The second kappa shape index (κ2) is 7.38. The standard InChI is InChI=1S/C18H22ClF2N5O3S/c1-10-9-29-7-6-25(10)14-8-13(22-16(19)23-14)18(4-5-18)30(27,28)15-11(2)24-26(12(15)3)17(20)21/h8,10,17H,4-7,9H2,1-3H3/t10-/m0/s1. The number of sulfone groups is 1. The van der Waals surface area contributed by atoms with Crippen LogP contribution in [0.4, 0.5) is 14.6 Å². The summed E-state index contributed by atoms with van der Waals surface area (Å²) >= 11 is 6.16. The Labute approximate surface area is 178 Å². The third-order valence-electron chi connectivity index (χ3n) is 5.74. The molecule has 8 nitrogen and oxygen atoms in total. The number of alkyl halides is 2. The van der Waals surface area contributed by atoms with E-state index in [-0.39, 0.29) is 33.3 Å². The van der Waals surface area contributed by atoms with E-state index in [1.807, 2.05) is 11.8 Å². The topological polar surface area (TPSA) is 90.2 Å². The van der Waals surface area contributed by atoms with Crippen molar-refractivity contribution in [3.05, 3.63) is 28.4 Å².